The van der Waals surface area contributed by atoms with Crippen molar-refractivity contribution in [2.75, 3.05) is 24.7 Å². The Balaban J connectivity index is 1.68. The fourth-order valence-electron chi connectivity index (χ4n) is 3.23. The number of hydrogen-bond donors (Lipinski definition) is 0. The van der Waals surface area contributed by atoms with Crippen LogP contribution in [0.3, 0.4) is 0 Å². The van der Waals surface area contributed by atoms with Crippen LogP contribution in [0, 0.1) is 12.7 Å². The number of aryl methyl sites for hydroxylation is 1. The van der Waals surface area contributed by atoms with E-state index in [1.165, 1.54) is 35.2 Å². The highest BCUT2D eigenvalue weighted by Crippen LogP contribution is 2.37. The van der Waals surface area contributed by atoms with Gasteiger partial charge in [-0.25, -0.2) is 4.39 Å². The minimum absolute atomic E-state index is 0.0347. The summed E-state index contributed by atoms with van der Waals surface area (Å²) in [4.78, 5) is 14.2. The van der Waals surface area contributed by atoms with Crippen molar-refractivity contribution in [3.8, 4) is 17.2 Å². The highest BCUT2D eigenvalue weighted by molar-refractivity contribution is 6.74. The van der Waals surface area contributed by atoms with Crippen LogP contribution in [0.1, 0.15) is 26.3 Å². The molecule has 0 bridgehead atoms. The van der Waals surface area contributed by atoms with Crippen molar-refractivity contribution in [3.63, 3.8) is 0 Å². The summed E-state index contributed by atoms with van der Waals surface area (Å²) in [6.07, 6.45) is 1.57. The Bertz CT molecular complexity index is 1130. The van der Waals surface area contributed by atoms with Crippen molar-refractivity contribution in [3.05, 3.63) is 59.6 Å². The van der Waals surface area contributed by atoms with Crippen LogP contribution in [0.5, 0.6) is 17.2 Å². The van der Waals surface area contributed by atoms with E-state index in [1.54, 1.807) is 19.1 Å². The second kappa shape index (κ2) is 11.0. The van der Waals surface area contributed by atoms with Gasteiger partial charge in [0, 0.05) is 18.3 Å². The van der Waals surface area contributed by atoms with Gasteiger partial charge in [0.15, 0.2) is 25.6 Å². The second-order valence-corrected chi connectivity index (χ2v) is 14.8. The first-order valence-electron chi connectivity index (χ1n) is 11.6. The van der Waals surface area contributed by atoms with Gasteiger partial charge in [-0.05, 0) is 67.0 Å². The third-order valence-electron chi connectivity index (χ3n) is 6.34. The maximum Gasteiger partial charge on any atom is 0.387 e. The summed E-state index contributed by atoms with van der Waals surface area (Å²) in [5.74, 6) is -0.532. The number of amides is 1. The average molecular weight is 524 g/mol. The lowest BCUT2D eigenvalue weighted by Crippen LogP contribution is -2.41. The van der Waals surface area contributed by atoms with E-state index in [0.717, 1.165) is 0 Å². The Labute approximate surface area is 210 Å². The first kappa shape index (κ1) is 27.6. The van der Waals surface area contributed by atoms with Crippen LogP contribution in [-0.4, -0.2) is 40.6 Å². The largest absolute Gasteiger partial charge is 0.487 e. The van der Waals surface area contributed by atoms with E-state index in [1.807, 2.05) is 0 Å². The van der Waals surface area contributed by atoms with Gasteiger partial charge in [-0.1, -0.05) is 20.8 Å². The molecule has 0 aromatic heterocycles. The lowest BCUT2D eigenvalue weighted by Gasteiger charge is -2.36. The Kier molecular flexibility index (Phi) is 8.40. The lowest BCUT2D eigenvalue weighted by molar-refractivity contribution is -0.116. The molecule has 1 amide bonds. The topological polar surface area (TPSA) is 57.2 Å². The van der Waals surface area contributed by atoms with Crippen molar-refractivity contribution in [1.29, 1.82) is 0 Å². The predicted octanol–water partition coefficient (Wildman–Crippen LogP) is 6.45. The number of benzene rings is 2. The van der Waals surface area contributed by atoms with Crippen molar-refractivity contribution in [2.45, 2.75) is 52.4 Å². The molecule has 3 rings (SSSR count). The van der Waals surface area contributed by atoms with Gasteiger partial charge in [0.1, 0.15) is 18.2 Å². The standard InChI is InChI=1S/C26H32F3NO5Si/c1-17-15-19(8-9-20(17)27)34-22-11-12-30(24(22)31)18-7-10-21(23(16-18)35-25(28)29)32-13-14-33-36(5,6)26(2,3)4/h7-11,15-16,25H,12-14H2,1-6H3. The van der Waals surface area contributed by atoms with Crippen LogP contribution in [0.15, 0.2) is 48.2 Å². The molecule has 36 heavy (non-hydrogen) atoms. The number of anilines is 1. The molecule has 0 unspecified atom stereocenters. The van der Waals surface area contributed by atoms with Crippen molar-refractivity contribution in [2.24, 2.45) is 0 Å². The average Bonchev–Trinajstić information content (AvgIpc) is 3.13. The normalized spacial score (nSPS) is 14.3. The molecular formula is C26H32F3NO5Si. The minimum atomic E-state index is -3.07. The number of ether oxygens (including phenoxy) is 3. The summed E-state index contributed by atoms with van der Waals surface area (Å²) in [6, 6.07) is 8.56. The van der Waals surface area contributed by atoms with Crippen LogP contribution < -0.4 is 19.1 Å². The van der Waals surface area contributed by atoms with Gasteiger partial charge in [-0.3, -0.25) is 4.79 Å². The van der Waals surface area contributed by atoms with Crippen molar-refractivity contribution in [1.82, 2.24) is 0 Å². The zero-order valence-electron chi connectivity index (χ0n) is 21.4. The van der Waals surface area contributed by atoms with Gasteiger partial charge in [0.05, 0.1) is 6.61 Å². The molecule has 2 aromatic rings. The SMILES string of the molecule is Cc1cc(OC2=CCN(c3ccc(OCCO[Si](C)(C)C(C)(C)C)c(OC(F)F)c3)C2=O)ccc1F. The lowest BCUT2D eigenvalue weighted by atomic mass is 10.2. The highest BCUT2D eigenvalue weighted by Gasteiger charge is 2.37. The number of carbonyl (C=O) groups is 1. The third-order valence-corrected chi connectivity index (χ3v) is 10.9. The van der Waals surface area contributed by atoms with Crippen LogP contribution in [0.4, 0.5) is 18.9 Å². The molecule has 0 spiro atoms. The van der Waals surface area contributed by atoms with E-state index in [-0.39, 0.29) is 41.3 Å². The molecule has 1 aliphatic rings. The number of rotatable bonds is 10. The van der Waals surface area contributed by atoms with Gasteiger partial charge in [-0.2, -0.15) is 8.78 Å². The van der Waals surface area contributed by atoms with Gasteiger partial charge >= 0.3 is 6.61 Å². The molecule has 0 radical (unpaired) electrons. The molecule has 0 saturated carbocycles. The molecule has 6 nitrogen and oxygen atoms in total. The Morgan fingerprint density at radius 3 is 2.42 bits per heavy atom. The summed E-state index contributed by atoms with van der Waals surface area (Å²) in [6.45, 7) is 9.76. The van der Waals surface area contributed by atoms with Crippen LogP contribution in [-0.2, 0) is 9.22 Å². The molecule has 0 aliphatic carbocycles. The highest BCUT2D eigenvalue weighted by atomic mass is 28.4. The zero-order chi connectivity index (χ0) is 26.7. The zero-order valence-corrected chi connectivity index (χ0v) is 22.4. The summed E-state index contributed by atoms with van der Waals surface area (Å²) in [5, 5.41) is 0.0347. The maximum atomic E-state index is 13.5. The number of nitrogens with zero attached hydrogens (tertiary/aromatic N) is 1. The van der Waals surface area contributed by atoms with Gasteiger partial charge < -0.3 is 23.5 Å². The van der Waals surface area contributed by atoms with Crippen molar-refractivity contribution < 1.29 is 36.6 Å². The second-order valence-electron chi connectivity index (χ2n) is 9.96. The minimum Gasteiger partial charge on any atom is -0.487 e. The van der Waals surface area contributed by atoms with Crippen LogP contribution in [0.2, 0.25) is 18.1 Å². The first-order valence-corrected chi connectivity index (χ1v) is 14.5. The fourth-order valence-corrected chi connectivity index (χ4v) is 4.26. The number of alkyl halides is 2. The molecule has 0 saturated heterocycles. The summed E-state index contributed by atoms with van der Waals surface area (Å²) in [5.41, 5.74) is 0.722. The van der Waals surface area contributed by atoms with E-state index >= 15 is 0 Å². The predicted molar refractivity (Wildman–Crippen MR) is 134 cm³/mol. The molecule has 10 heteroatoms. The smallest absolute Gasteiger partial charge is 0.387 e. The van der Waals surface area contributed by atoms with E-state index in [2.05, 4.69) is 38.6 Å². The monoisotopic (exact) mass is 523 g/mol. The molecule has 1 aliphatic heterocycles. The Morgan fingerprint density at radius 2 is 1.78 bits per heavy atom. The first-order chi connectivity index (χ1) is 16.8. The van der Waals surface area contributed by atoms with Crippen LogP contribution >= 0.6 is 0 Å². The molecule has 0 fully saturated rings. The maximum absolute atomic E-state index is 13.5. The molecule has 196 valence electrons. The Hall–Kier alpha value is -2.98. The van der Waals surface area contributed by atoms with Gasteiger partial charge in [0.2, 0.25) is 0 Å². The van der Waals surface area contributed by atoms with Crippen LogP contribution in [0.25, 0.3) is 0 Å². The van der Waals surface area contributed by atoms with E-state index in [9.17, 15) is 18.0 Å². The summed E-state index contributed by atoms with van der Waals surface area (Å²) < 4.78 is 61.7. The fraction of sp³-hybridized carbons (Fsp3) is 0.423. The molecular weight excluding hydrogens is 491 g/mol. The Morgan fingerprint density at radius 1 is 1.06 bits per heavy atom. The van der Waals surface area contributed by atoms with E-state index in [4.69, 9.17) is 13.9 Å². The number of hydrogen-bond acceptors (Lipinski definition) is 5. The molecule has 0 N–H and O–H groups in total. The quantitative estimate of drug-likeness (QED) is 0.265. The molecule has 0 atom stereocenters. The number of carbonyl (C=O) groups excluding carboxylic acids is 1. The third kappa shape index (κ3) is 6.61. The van der Waals surface area contributed by atoms with E-state index in [0.29, 0.717) is 23.6 Å². The van der Waals surface area contributed by atoms with Gasteiger partial charge in [0.25, 0.3) is 5.91 Å². The van der Waals surface area contributed by atoms with Crippen molar-refractivity contribution >= 4 is 19.9 Å². The molecule has 1 heterocycles. The van der Waals surface area contributed by atoms with Gasteiger partial charge in [-0.15, -0.1) is 0 Å². The summed E-state index contributed by atoms with van der Waals surface area (Å²) >= 11 is 0. The molecule has 2 aromatic carbocycles. The van der Waals surface area contributed by atoms with E-state index < -0.39 is 20.8 Å². The number of halogens is 3. The summed E-state index contributed by atoms with van der Waals surface area (Å²) in [7, 11) is -1.97.